The van der Waals surface area contributed by atoms with Gasteiger partial charge in [0.15, 0.2) is 0 Å². The van der Waals surface area contributed by atoms with Crippen LogP contribution < -0.4 is 5.73 Å². The maximum absolute atomic E-state index is 6.29. The number of benzene rings is 1. The highest BCUT2D eigenvalue weighted by Gasteiger charge is 2.09. The van der Waals surface area contributed by atoms with Crippen LogP contribution in [0.15, 0.2) is 53.3 Å². The molecule has 1 aromatic carbocycles. The normalized spacial score (nSPS) is 12.6. The van der Waals surface area contributed by atoms with Crippen molar-refractivity contribution in [3.05, 3.63) is 64.4 Å². The summed E-state index contributed by atoms with van der Waals surface area (Å²) in [5, 5.41) is 0. The van der Waals surface area contributed by atoms with Gasteiger partial charge in [-0.25, -0.2) is 0 Å². The third-order valence-electron chi connectivity index (χ3n) is 3.66. The molecule has 21 heavy (non-hydrogen) atoms. The molecule has 0 aliphatic rings. The average Bonchev–Trinajstić information content (AvgIpc) is 2.52. The van der Waals surface area contributed by atoms with Gasteiger partial charge < -0.3 is 5.73 Å². The Morgan fingerprint density at radius 1 is 1.14 bits per heavy atom. The zero-order valence-electron chi connectivity index (χ0n) is 12.4. The first-order valence-electron chi connectivity index (χ1n) is 7.31. The molecule has 0 amide bonds. The molecule has 1 heterocycles. The average molecular weight is 348 g/mol. The van der Waals surface area contributed by atoms with Gasteiger partial charge >= 0.3 is 0 Å². The summed E-state index contributed by atoms with van der Waals surface area (Å²) in [6, 6.07) is 12.5. The fraction of sp³-hybridized carbons (Fsp3) is 0.353. The van der Waals surface area contributed by atoms with Crippen molar-refractivity contribution in [3.8, 4) is 0 Å². The van der Waals surface area contributed by atoms with E-state index in [1.165, 1.54) is 11.1 Å². The van der Waals surface area contributed by atoms with Gasteiger partial charge in [-0.1, -0.05) is 35.0 Å². The molecule has 1 aromatic heterocycles. The summed E-state index contributed by atoms with van der Waals surface area (Å²) in [6.07, 6.45) is 4.65. The van der Waals surface area contributed by atoms with Crippen LogP contribution in [0.1, 0.15) is 30.5 Å². The molecular formula is C17H22BrN3. The standard InChI is InChI=1S/C17H22BrN3/c1-2-21(13-14-7-10-20-11-8-14)12-9-17(19)15-3-5-16(18)6-4-15/h3-8,10-11,17H,2,9,12-13,19H2,1H3. The molecule has 0 bridgehead atoms. The number of aromatic nitrogens is 1. The number of nitrogens with two attached hydrogens (primary N) is 1. The van der Waals surface area contributed by atoms with E-state index in [0.717, 1.165) is 30.5 Å². The first-order valence-corrected chi connectivity index (χ1v) is 8.10. The topological polar surface area (TPSA) is 42.1 Å². The minimum atomic E-state index is 0.0876. The first kappa shape index (κ1) is 16.1. The molecule has 0 fully saturated rings. The number of nitrogens with zero attached hydrogens (tertiary/aromatic N) is 2. The molecule has 0 aliphatic carbocycles. The number of rotatable bonds is 7. The predicted octanol–water partition coefficient (Wildman–Crippen LogP) is 3.76. The van der Waals surface area contributed by atoms with E-state index in [1.807, 2.05) is 24.5 Å². The van der Waals surface area contributed by atoms with E-state index in [4.69, 9.17) is 5.73 Å². The van der Waals surface area contributed by atoms with Crippen molar-refractivity contribution in [2.45, 2.75) is 25.9 Å². The molecule has 4 heteroatoms. The van der Waals surface area contributed by atoms with Crippen molar-refractivity contribution in [1.82, 2.24) is 9.88 Å². The smallest absolute Gasteiger partial charge is 0.0307 e. The van der Waals surface area contributed by atoms with Crippen LogP contribution in [0.4, 0.5) is 0 Å². The Morgan fingerprint density at radius 3 is 2.43 bits per heavy atom. The quantitative estimate of drug-likeness (QED) is 0.829. The summed E-state index contributed by atoms with van der Waals surface area (Å²) in [5.74, 6) is 0. The predicted molar refractivity (Wildman–Crippen MR) is 90.9 cm³/mol. The van der Waals surface area contributed by atoms with Gasteiger partial charge in [0.2, 0.25) is 0 Å². The molecule has 0 saturated heterocycles. The van der Waals surface area contributed by atoms with Crippen LogP contribution in [0.25, 0.3) is 0 Å². The number of halogens is 1. The second-order valence-electron chi connectivity index (χ2n) is 5.17. The van der Waals surface area contributed by atoms with Crippen molar-refractivity contribution >= 4 is 15.9 Å². The highest BCUT2D eigenvalue weighted by molar-refractivity contribution is 9.10. The largest absolute Gasteiger partial charge is 0.324 e. The Hall–Kier alpha value is -1.23. The maximum Gasteiger partial charge on any atom is 0.0307 e. The third-order valence-corrected chi connectivity index (χ3v) is 4.19. The van der Waals surface area contributed by atoms with Gasteiger partial charge in [0.25, 0.3) is 0 Å². The Labute approximate surface area is 135 Å². The highest BCUT2D eigenvalue weighted by Crippen LogP contribution is 2.18. The van der Waals surface area contributed by atoms with Crippen LogP contribution in [-0.4, -0.2) is 23.0 Å². The zero-order chi connectivity index (χ0) is 15.1. The van der Waals surface area contributed by atoms with E-state index in [9.17, 15) is 0 Å². The molecule has 0 aliphatic heterocycles. The van der Waals surface area contributed by atoms with Gasteiger partial charge in [0.1, 0.15) is 0 Å². The monoisotopic (exact) mass is 347 g/mol. The first-order chi connectivity index (χ1) is 10.2. The Balaban J connectivity index is 1.86. The molecule has 3 nitrogen and oxygen atoms in total. The molecular weight excluding hydrogens is 326 g/mol. The fourth-order valence-corrected chi connectivity index (χ4v) is 2.56. The van der Waals surface area contributed by atoms with Crippen LogP contribution in [0.2, 0.25) is 0 Å². The van der Waals surface area contributed by atoms with Gasteiger partial charge in [0.05, 0.1) is 0 Å². The molecule has 1 atom stereocenters. The molecule has 2 aromatic rings. The van der Waals surface area contributed by atoms with Crippen LogP contribution in [0, 0.1) is 0 Å². The van der Waals surface area contributed by atoms with E-state index in [2.05, 4.69) is 57.0 Å². The SMILES string of the molecule is CCN(CCC(N)c1ccc(Br)cc1)Cc1ccncc1. The molecule has 0 radical (unpaired) electrons. The van der Waals surface area contributed by atoms with E-state index in [0.29, 0.717) is 0 Å². The summed E-state index contributed by atoms with van der Waals surface area (Å²) in [4.78, 5) is 6.47. The fourth-order valence-electron chi connectivity index (χ4n) is 2.29. The van der Waals surface area contributed by atoms with E-state index >= 15 is 0 Å². The van der Waals surface area contributed by atoms with Crippen molar-refractivity contribution in [1.29, 1.82) is 0 Å². The molecule has 112 valence electrons. The molecule has 1 unspecified atom stereocenters. The summed E-state index contributed by atoms with van der Waals surface area (Å²) in [7, 11) is 0. The Kier molecular flexibility index (Phi) is 6.36. The summed E-state index contributed by atoms with van der Waals surface area (Å²) in [6.45, 7) is 5.16. The summed E-state index contributed by atoms with van der Waals surface area (Å²) < 4.78 is 1.09. The minimum Gasteiger partial charge on any atom is -0.324 e. The number of pyridine rings is 1. The van der Waals surface area contributed by atoms with Crippen molar-refractivity contribution < 1.29 is 0 Å². The van der Waals surface area contributed by atoms with Crippen LogP contribution >= 0.6 is 15.9 Å². The van der Waals surface area contributed by atoms with Crippen LogP contribution in [-0.2, 0) is 6.54 Å². The van der Waals surface area contributed by atoms with Crippen LogP contribution in [0.5, 0.6) is 0 Å². The lowest BCUT2D eigenvalue weighted by Crippen LogP contribution is -2.27. The van der Waals surface area contributed by atoms with Gasteiger partial charge in [0, 0.05) is 36.0 Å². The lowest BCUT2D eigenvalue weighted by atomic mass is 10.0. The molecule has 2 rings (SSSR count). The van der Waals surface area contributed by atoms with Crippen molar-refractivity contribution in [3.63, 3.8) is 0 Å². The lowest BCUT2D eigenvalue weighted by molar-refractivity contribution is 0.268. The minimum absolute atomic E-state index is 0.0876. The van der Waals surface area contributed by atoms with Gasteiger partial charge in [-0.15, -0.1) is 0 Å². The van der Waals surface area contributed by atoms with Crippen molar-refractivity contribution in [2.24, 2.45) is 5.73 Å². The summed E-state index contributed by atoms with van der Waals surface area (Å²) in [5.41, 5.74) is 8.78. The van der Waals surface area contributed by atoms with E-state index in [-0.39, 0.29) is 6.04 Å². The number of hydrogen-bond donors (Lipinski definition) is 1. The van der Waals surface area contributed by atoms with Gasteiger partial charge in [-0.3, -0.25) is 9.88 Å². The maximum atomic E-state index is 6.29. The van der Waals surface area contributed by atoms with E-state index in [1.54, 1.807) is 0 Å². The second-order valence-corrected chi connectivity index (χ2v) is 6.09. The molecule has 2 N–H and O–H groups in total. The Morgan fingerprint density at radius 2 is 1.81 bits per heavy atom. The Bertz CT molecular complexity index is 527. The van der Waals surface area contributed by atoms with E-state index < -0.39 is 0 Å². The molecule has 0 spiro atoms. The lowest BCUT2D eigenvalue weighted by Gasteiger charge is -2.22. The van der Waals surface area contributed by atoms with Gasteiger partial charge in [-0.2, -0.15) is 0 Å². The third kappa shape index (κ3) is 5.23. The number of hydrogen-bond acceptors (Lipinski definition) is 3. The summed E-state index contributed by atoms with van der Waals surface area (Å²) >= 11 is 3.45. The molecule has 0 saturated carbocycles. The second kappa shape index (κ2) is 8.27. The van der Waals surface area contributed by atoms with Gasteiger partial charge in [-0.05, 0) is 48.4 Å². The highest BCUT2D eigenvalue weighted by atomic mass is 79.9. The van der Waals surface area contributed by atoms with Crippen LogP contribution in [0.3, 0.4) is 0 Å². The zero-order valence-corrected chi connectivity index (χ0v) is 14.0. The van der Waals surface area contributed by atoms with Crippen molar-refractivity contribution in [2.75, 3.05) is 13.1 Å².